The van der Waals surface area contributed by atoms with Gasteiger partial charge in [-0.2, -0.15) is 0 Å². The van der Waals surface area contributed by atoms with Gasteiger partial charge in [0.2, 0.25) is 0 Å². The van der Waals surface area contributed by atoms with Crippen molar-refractivity contribution in [2.75, 3.05) is 7.11 Å². The van der Waals surface area contributed by atoms with Crippen LogP contribution < -0.4 is 4.74 Å². The monoisotopic (exact) mass is 277 g/mol. The minimum absolute atomic E-state index is 0.130. The average molecular weight is 278 g/mol. The molecule has 0 spiro atoms. The van der Waals surface area contributed by atoms with Gasteiger partial charge in [-0.3, -0.25) is 4.98 Å². The molecule has 0 radical (unpaired) electrons. The predicted octanol–water partition coefficient (Wildman–Crippen LogP) is 3.47. The number of carboxylic acid groups (broad SMARTS) is 1. The molecule has 3 rings (SSSR count). The fourth-order valence-corrected chi connectivity index (χ4v) is 2.53. The zero-order valence-corrected chi connectivity index (χ0v) is 11.1. The van der Waals surface area contributed by atoms with Crippen molar-refractivity contribution in [3.8, 4) is 5.75 Å². The summed E-state index contributed by atoms with van der Waals surface area (Å²) in [4.78, 5) is 15.9. The molecule has 0 amide bonds. The molecule has 1 aromatic carbocycles. The summed E-state index contributed by atoms with van der Waals surface area (Å²) in [6.07, 6.45) is 1.95. The zero-order valence-electron chi connectivity index (χ0n) is 10.3. The molecule has 1 fully saturated rings. The van der Waals surface area contributed by atoms with Crippen LogP contribution in [0.15, 0.2) is 18.2 Å². The number of hydrogen-bond acceptors (Lipinski definition) is 3. The first-order valence-corrected chi connectivity index (χ1v) is 6.40. The minimum atomic E-state index is -1.02. The molecular formula is C14H12ClNO3. The van der Waals surface area contributed by atoms with E-state index < -0.39 is 5.97 Å². The van der Waals surface area contributed by atoms with E-state index in [1.54, 1.807) is 25.3 Å². The second-order valence-electron chi connectivity index (χ2n) is 4.65. The number of fused-ring (bicyclic) bond motifs is 1. The first kappa shape index (κ1) is 12.2. The van der Waals surface area contributed by atoms with Gasteiger partial charge < -0.3 is 9.84 Å². The maximum atomic E-state index is 11.4. The van der Waals surface area contributed by atoms with Crippen LogP contribution in [0, 0.1) is 0 Å². The van der Waals surface area contributed by atoms with Gasteiger partial charge in [0.05, 0.1) is 23.3 Å². The van der Waals surface area contributed by atoms with E-state index in [4.69, 9.17) is 16.3 Å². The fourth-order valence-electron chi connectivity index (χ4n) is 2.20. The Kier molecular flexibility index (Phi) is 2.82. The van der Waals surface area contributed by atoms with Crippen LogP contribution in [0.1, 0.15) is 34.8 Å². The van der Waals surface area contributed by atoms with Gasteiger partial charge in [0.25, 0.3) is 0 Å². The van der Waals surface area contributed by atoms with Crippen LogP contribution >= 0.6 is 11.6 Å². The normalized spacial score (nSPS) is 14.6. The number of nitrogens with zero attached hydrogens (tertiary/aromatic N) is 1. The number of methoxy groups -OCH3 is 1. The van der Waals surface area contributed by atoms with Gasteiger partial charge in [-0.05, 0) is 31.0 Å². The third-order valence-electron chi connectivity index (χ3n) is 3.33. The van der Waals surface area contributed by atoms with E-state index in [-0.39, 0.29) is 16.5 Å². The van der Waals surface area contributed by atoms with Gasteiger partial charge in [-0.25, -0.2) is 4.79 Å². The number of aromatic carboxylic acids is 1. The van der Waals surface area contributed by atoms with Gasteiger partial charge in [-0.15, -0.1) is 0 Å². The lowest BCUT2D eigenvalue weighted by Crippen LogP contribution is -2.06. The largest absolute Gasteiger partial charge is 0.497 e. The summed E-state index contributed by atoms with van der Waals surface area (Å²) in [5.41, 5.74) is 1.44. The Morgan fingerprint density at radius 2 is 2.21 bits per heavy atom. The number of halogens is 1. The van der Waals surface area contributed by atoms with Crippen LogP contribution in [-0.2, 0) is 0 Å². The highest BCUT2D eigenvalue weighted by atomic mass is 35.5. The first-order chi connectivity index (χ1) is 9.11. The van der Waals surface area contributed by atoms with E-state index in [9.17, 15) is 9.90 Å². The quantitative estimate of drug-likeness (QED) is 0.933. The van der Waals surface area contributed by atoms with Crippen molar-refractivity contribution in [1.29, 1.82) is 0 Å². The second-order valence-corrected chi connectivity index (χ2v) is 5.03. The third-order valence-corrected chi connectivity index (χ3v) is 3.73. The number of rotatable bonds is 3. The third kappa shape index (κ3) is 2.02. The van der Waals surface area contributed by atoms with Gasteiger partial charge >= 0.3 is 5.97 Å². The van der Waals surface area contributed by atoms with E-state index in [1.807, 2.05) is 0 Å². The molecule has 0 aliphatic heterocycles. The molecule has 5 heteroatoms. The van der Waals surface area contributed by atoms with Gasteiger partial charge in [0.1, 0.15) is 11.3 Å². The van der Waals surface area contributed by atoms with Gasteiger partial charge in [0.15, 0.2) is 0 Å². The maximum Gasteiger partial charge on any atom is 0.339 e. The highest BCUT2D eigenvalue weighted by Gasteiger charge is 2.32. The van der Waals surface area contributed by atoms with Crippen LogP contribution in [0.4, 0.5) is 0 Å². The van der Waals surface area contributed by atoms with E-state index in [0.29, 0.717) is 22.3 Å². The molecular weight excluding hydrogens is 266 g/mol. The number of aromatic nitrogens is 1. The van der Waals surface area contributed by atoms with Gasteiger partial charge in [0, 0.05) is 11.3 Å². The second kappa shape index (κ2) is 4.38. The molecule has 1 heterocycles. The number of hydrogen-bond donors (Lipinski definition) is 1. The molecule has 4 nitrogen and oxygen atoms in total. The Balaban J connectivity index is 2.32. The van der Waals surface area contributed by atoms with Crippen molar-refractivity contribution >= 4 is 28.5 Å². The summed E-state index contributed by atoms with van der Waals surface area (Å²) >= 11 is 6.27. The number of ether oxygens (including phenoxy) is 1. The molecule has 1 N–H and O–H groups in total. The summed E-state index contributed by atoms with van der Waals surface area (Å²) in [5, 5.41) is 10.2. The van der Waals surface area contributed by atoms with E-state index >= 15 is 0 Å². The van der Waals surface area contributed by atoms with Crippen molar-refractivity contribution in [1.82, 2.24) is 4.98 Å². The smallest absolute Gasteiger partial charge is 0.339 e. The van der Waals surface area contributed by atoms with E-state index in [1.165, 1.54) is 0 Å². The standard InChI is InChI=1S/C14H12ClNO3/c1-19-8-4-5-10-9(6-8)12(15)11(14(17)18)13(16-10)7-2-3-7/h4-7H,2-3H2,1H3,(H,17,18). The zero-order chi connectivity index (χ0) is 13.6. The molecule has 0 bridgehead atoms. The lowest BCUT2D eigenvalue weighted by atomic mass is 10.1. The van der Waals surface area contributed by atoms with Crippen LogP contribution in [0.2, 0.25) is 5.02 Å². The highest BCUT2D eigenvalue weighted by Crippen LogP contribution is 2.44. The molecule has 0 unspecified atom stereocenters. The van der Waals surface area contributed by atoms with Crippen molar-refractivity contribution < 1.29 is 14.6 Å². The van der Waals surface area contributed by atoms with Crippen molar-refractivity contribution in [2.24, 2.45) is 0 Å². The molecule has 0 saturated heterocycles. The number of carbonyl (C=O) groups is 1. The number of carboxylic acids is 1. The summed E-state index contributed by atoms with van der Waals surface area (Å²) in [6, 6.07) is 5.31. The van der Waals surface area contributed by atoms with Crippen LogP contribution in [0.3, 0.4) is 0 Å². The van der Waals surface area contributed by atoms with Crippen LogP contribution in [-0.4, -0.2) is 23.2 Å². The Hall–Kier alpha value is -1.81. The fraction of sp³-hybridized carbons (Fsp3) is 0.286. The van der Waals surface area contributed by atoms with Crippen molar-refractivity contribution in [2.45, 2.75) is 18.8 Å². The topological polar surface area (TPSA) is 59.4 Å². The molecule has 98 valence electrons. The predicted molar refractivity (Wildman–Crippen MR) is 72.2 cm³/mol. The highest BCUT2D eigenvalue weighted by molar-refractivity contribution is 6.38. The van der Waals surface area contributed by atoms with E-state index in [0.717, 1.165) is 12.8 Å². The Morgan fingerprint density at radius 3 is 2.79 bits per heavy atom. The average Bonchev–Trinajstić information content (AvgIpc) is 3.22. The van der Waals surface area contributed by atoms with Crippen LogP contribution in [0.5, 0.6) is 5.75 Å². The minimum Gasteiger partial charge on any atom is -0.497 e. The molecule has 19 heavy (non-hydrogen) atoms. The van der Waals surface area contributed by atoms with E-state index in [2.05, 4.69) is 4.98 Å². The lowest BCUT2D eigenvalue weighted by molar-refractivity contribution is 0.0695. The number of benzene rings is 1. The summed E-state index contributed by atoms with van der Waals surface area (Å²) < 4.78 is 5.13. The maximum absolute atomic E-state index is 11.4. The summed E-state index contributed by atoms with van der Waals surface area (Å²) in [5.74, 6) is -0.161. The Morgan fingerprint density at radius 1 is 1.47 bits per heavy atom. The first-order valence-electron chi connectivity index (χ1n) is 6.02. The summed E-state index contributed by atoms with van der Waals surface area (Å²) in [7, 11) is 1.55. The molecule has 2 aromatic rings. The summed E-state index contributed by atoms with van der Waals surface area (Å²) in [6.45, 7) is 0. The Labute approximate surface area is 115 Å². The lowest BCUT2D eigenvalue weighted by Gasteiger charge is -2.10. The van der Waals surface area contributed by atoms with Crippen LogP contribution in [0.25, 0.3) is 10.9 Å². The molecule has 1 aromatic heterocycles. The number of pyridine rings is 1. The van der Waals surface area contributed by atoms with Crippen molar-refractivity contribution in [3.05, 3.63) is 34.5 Å². The van der Waals surface area contributed by atoms with Crippen molar-refractivity contribution in [3.63, 3.8) is 0 Å². The Bertz CT molecular complexity index is 680. The van der Waals surface area contributed by atoms with Gasteiger partial charge in [-0.1, -0.05) is 11.6 Å². The molecule has 1 saturated carbocycles. The SMILES string of the molecule is COc1ccc2nc(C3CC3)c(C(=O)O)c(Cl)c2c1. The molecule has 0 atom stereocenters. The molecule has 1 aliphatic rings. The molecule has 1 aliphatic carbocycles.